The lowest BCUT2D eigenvalue weighted by Gasteiger charge is -2.32. The second kappa shape index (κ2) is 7.53. The number of hydrogen-bond acceptors (Lipinski definition) is 4. The maximum absolute atomic E-state index is 12.2. The number of piperazine rings is 1. The summed E-state index contributed by atoms with van der Waals surface area (Å²) >= 11 is 0. The third-order valence-electron chi connectivity index (χ3n) is 3.71. The lowest BCUT2D eigenvalue weighted by molar-refractivity contribution is -0.153. The molecule has 4 amide bonds. The van der Waals surface area contributed by atoms with Gasteiger partial charge in [-0.1, -0.05) is 30.3 Å². The van der Waals surface area contributed by atoms with Crippen LogP contribution in [0.1, 0.15) is 12.5 Å². The van der Waals surface area contributed by atoms with Gasteiger partial charge in [-0.05, 0) is 18.9 Å². The van der Waals surface area contributed by atoms with Gasteiger partial charge in [0, 0.05) is 19.6 Å². The van der Waals surface area contributed by atoms with Gasteiger partial charge in [-0.25, -0.2) is 4.79 Å². The number of carbonyl (C=O) groups is 4. The molecule has 0 saturated carbocycles. The van der Waals surface area contributed by atoms with Gasteiger partial charge in [-0.2, -0.15) is 0 Å². The fourth-order valence-electron chi connectivity index (χ4n) is 2.41. The van der Waals surface area contributed by atoms with E-state index in [0.29, 0.717) is 25.8 Å². The number of benzene rings is 1. The van der Waals surface area contributed by atoms with E-state index < -0.39 is 23.9 Å². The topological polar surface area (TPSA) is 86.8 Å². The Kier molecular flexibility index (Phi) is 5.46. The van der Waals surface area contributed by atoms with Crippen LogP contribution >= 0.6 is 0 Å². The van der Waals surface area contributed by atoms with Crippen molar-refractivity contribution in [3.05, 3.63) is 35.9 Å². The summed E-state index contributed by atoms with van der Waals surface area (Å²) in [5.74, 6) is -1.56. The fourth-order valence-corrected chi connectivity index (χ4v) is 2.41. The number of likely N-dealkylation sites (N-methyl/N-ethyl adjacent to an activating group) is 1. The number of aldehydes is 1. The highest BCUT2D eigenvalue weighted by Crippen LogP contribution is 2.07. The molecule has 0 spiro atoms. The summed E-state index contributed by atoms with van der Waals surface area (Å²) in [4.78, 5) is 49.3. The van der Waals surface area contributed by atoms with Gasteiger partial charge in [0.15, 0.2) is 0 Å². The van der Waals surface area contributed by atoms with Crippen molar-refractivity contribution in [2.24, 2.45) is 0 Å². The molecule has 0 radical (unpaired) electrons. The minimum absolute atomic E-state index is 0.126. The summed E-state index contributed by atoms with van der Waals surface area (Å²) in [6, 6.07) is 7.75. The van der Waals surface area contributed by atoms with Gasteiger partial charge in [0.2, 0.25) is 0 Å². The molecule has 1 heterocycles. The second-order valence-corrected chi connectivity index (χ2v) is 5.22. The summed E-state index contributed by atoms with van der Waals surface area (Å²) in [6.07, 6.45) is 0.951. The van der Waals surface area contributed by atoms with Gasteiger partial charge < -0.3 is 15.0 Å². The Morgan fingerprint density at radius 2 is 1.91 bits per heavy atom. The van der Waals surface area contributed by atoms with Crippen molar-refractivity contribution >= 4 is 24.1 Å². The average molecular weight is 317 g/mol. The van der Waals surface area contributed by atoms with Crippen molar-refractivity contribution in [3.8, 4) is 0 Å². The first-order valence-electron chi connectivity index (χ1n) is 7.47. The summed E-state index contributed by atoms with van der Waals surface area (Å²) in [5.41, 5.74) is 0.892. The molecule has 1 N–H and O–H groups in total. The number of carbonyl (C=O) groups excluding carboxylic acids is 4. The van der Waals surface area contributed by atoms with E-state index in [1.54, 1.807) is 6.92 Å². The van der Waals surface area contributed by atoms with Gasteiger partial charge >= 0.3 is 17.8 Å². The van der Waals surface area contributed by atoms with Crippen LogP contribution in [0.2, 0.25) is 0 Å². The Hall–Kier alpha value is -2.70. The predicted molar refractivity (Wildman–Crippen MR) is 82.5 cm³/mol. The van der Waals surface area contributed by atoms with Crippen LogP contribution < -0.4 is 5.32 Å². The van der Waals surface area contributed by atoms with Crippen molar-refractivity contribution in [1.29, 1.82) is 0 Å². The van der Waals surface area contributed by atoms with E-state index in [4.69, 9.17) is 0 Å². The first-order chi connectivity index (χ1) is 11.1. The zero-order chi connectivity index (χ0) is 16.8. The van der Waals surface area contributed by atoms with Gasteiger partial charge in [0.25, 0.3) is 0 Å². The molecule has 7 nitrogen and oxygen atoms in total. The highest BCUT2D eigenvalue weighted by atomic mass is 16.2. The lowest BCUT2D eigenvalue weighted by atomic mass is 10.1. The van der Waals surface area contributed by atoms with Crippen molar-refractivity contribution < 1.29 is 19.2 Å². The van der Waals surface area contributed by atoms with E-state index >= 15 is 0 Å². The minimum Gasteiger partial charge on any atom is -0.333 e. The number of amides is 4. The SMILES string of the molecule is CCN1CCN(C(=O)N[C@H](C=O)Cc2ccccc2)C(=O)C1=O. The van der Waals surface area contributed by atoms with Crippen LogP contribution in [0, 0.1) is 0 Å². The van der Waals surface area contributed by atoms with E-state index in [0.717, 1.165) is 10.5 Å². The number of rotatable bonds is 5. The molecule has 1 atom stereocenters. The zero-order valence-corrected chi connectivity index (χ0v) is 12.9. The molecule has 0 bridgehead atoms. The molecule has 1 aliphatic rings. The van der Waals surface area contributed by atoms with Crippen LogP contribution in [-0.2, 0) is 20.8 Å². The monoisotopic (exact) mass is 317 g/mol. The highest BCUT2D eigenvalue weighted by Gasteiger charge is 2.35. The predicted octanol–water partition coefficient (Wildman–Crippen LogP) is 0.197. The van der Waals surface area contributed by atoms with Gasteiger partial charge in [-0.3, -0.25) is 14.5 Å². The molecular weight excluding hydrogens is 298 g/mol. The van der Waals surface area contributed by atoms with E-state index in [-0.39, 0.29) is 6.54 Å². The molecule has 1 aromatic rings. The minimum atomic E-state index is -0.861. The smallest absolute Gasteiger partial charge is 0.325 e. The number of imide groups is 1. The third-order valence-corrected chi connectivity index (χ3v) is 3.71. The van der Waals surface area contributed by atoms with Crippen molar-refractivity contribution in [2.45, 2.75) is 19.4 Å². The zero-order valence-electron chi connectivity index (χ0n) is 12.9. The molecular formula is C16H19N3O4. The summed E-state index contributed by atoms with van der Waals surface area (Å²) in [6.45, 7) is 2.62. The molecule has 7 heteroatoms. The molecule has 1 saturated heterocycles. The molecule has 23 heavy (non-hydrogen) atoms. The number of nitrogens with zero attached hydrogens (tertiary/aromatic N) is 2. The second-order valence-electron chi connectivity index (χ2n) is 5.22. The van der Waals surface area contributed by atoms with Gasteiger partial charge in [0.05, 0.1) is 6.04 Å². The number of nitrogens with one attached hydrogen (secondary N) is 1. The van der Waals surface area contributed by atoms with Gasteiger partial charge in [0.1, 0.15) is 6.29 Å². The van der Waals surface area contributed by atoms with E-state index in [2.05, 4.69) is 5.32 Å². The van der Waals surface area contributed by atoms with Crippen LogP contribution in [0.3, 0.4) is 0 Å². The first-order valence-corrected chi connectivity index (χ1v) is 7.47. The van der Waals surface area contributed by atoms with Crippen LogP contribution in [0.25, 0.3) is 0 Å². The molecule has 1 aliphatic heterocycles. The van der Waals surface area contributed by atoms with Crippen LogP contribution in [0.4, 0.5) is 4.79 Å². The Balaban J connectivity index is 1.98. The van der Waals surface area contributed by atoms with Gasteiger partial charge in [-0.15, -0.1) is 0 Å². The van der Waals surface area contributed by atoms with Crippen LogP contribution in [-0.4, -0.2) is 59.6 Å². The van der Waals surface area contributed by atoms with Crippen LogP contribution in [0.15, 0.2) is 30.3 Å². The number of urea groups is 1. The molecule has 1 fully saturated rings. The Labute approximate surface area is 134 Å². The first kappa shape index (κ1) is 16.7. The summed E-state index contributed by atoms with van der Waals surface area (Å²) < 4.78 is 0. The molecule has 1 aromatic carbocycles. The lowest BCUT2D eigenvalue weighted by Crippen LogP contribution is -2.59. The Morgan fingerprint density at radius 1 is 1.22 bits per heavy atom. The molecule has 0 unspecified atom stereocenters. The largest absolute Gasteiger partial charge is 0.333 e. The average Bonchev–Trinajstić information content (AvgIpc) is 2.57. The van der Waals surface area contributed by atoms with Crippen molar-refractivity contribution in [2.75, 3.05) is 19.6 Å². The highest BCUT2D eigenvalue weighted by molar-refractivity contribution is 6.38. The van der Waals surface area contributed by atoms with E-state index in [1.165, 1.54) is 4.90 Å². The van der Waals surface area contributed by atoms with E-state index in [1.807, 2.05) is 30.3 Å². The quantitative estimate of drug-likeness (QED) is 0.621. The molecule has 2 rings (SSSR count). The normalized spacial score (nSPS) is 16.2. The number of hydrogen-bond donors (Lipinski definition) is 1. The maximum Gasteiger partial charge on any atom is 0.325 e. The van der Waals surface area contributed by atoms with Crippen molar-refractivity contribution in [3.63, 3.8) is 0 Å². The standard InChI is InChI=1S/C16H19N3O4/c1-2-18-8-9-19(15(22)14(18)21)16(23)17-13(11-20)10-12-6-4-3-5-7-12/h3-7,11,13H,2,8-10H2,1H3,(H,17,23)/t13-/m0/s1. The summed E-state index contributed by atoms with van der Waals surface area (Å²) in [5, 5.41) is 2.50. The molecule has 0 aliphatic carbocycles. The third kappa shape index (κ3) is 3.94. The van der Waals surface area contributed by atoms with Crippen LogP contribution in [0.5, 0.6) is 0 Å². The summed E-state index contributed by atoms with van der Waals surface area (Å²) in [7, 11) is 0. The molecule has 0 aromatic heterocycles. The Morgan fingerprint density at radius 3 is 2.52 bits per heavy atom. The maximum atomic E-state index is 12.2. The molecule has 122 valence electrons. The Bertz CT molecular complexity index is 603. The van der Waals surface area contributed by atoms with Crippen molar-refractivity contribution in [1.82, 2.24) is 15.1 Å². The van der Waals surface area contributed by atoms with E-state index in [9.17, 15) is 19.2 Å². The fraction of sp³-hybridized carbons (Fsp3) is 0.375.